The van der Waals surface area contributed by atoms with Crippen LogP contribution in [-0.4, -0.2) is 32.4 Å². The maximum Gasteiger partial charge on any atom is 0.234 e. The van der Waals surface area contributed by atoms with E-state index in [1.807, 2.05) is 4.52 Å². The predicted octanol–water partition coefficient (Wildman–Crippen LogP) is 2.95. The molecule has 21 heavy (non-hydrogen) atoms. The Balaban J connectivity index is 1.89. The molecule has 1 aliphatic rings. The summed E-state index contributed by atoms with van der Waals surface area (Å²) in [6, 6.07) is 0. The number of hydrogen-bond acceptors (Lipinski definition) is 5. The fourth-order valence-electron chi connectivity index (χ4n) is 3.23. The lowest BCUT2D eigenvalue weighted by Gasteiger charge is -2.36. The number of aromatic nitrogens is 4. The van der Waals surface area contributed by atoms with E-state index in [9.17, 15) is 0 Å². The van der Waals surface area contributed by atoms with Crippen LogP contribution >= 0.6 is 11.3 Å². The van der Waals surface area contributed by atoms with E-state index in [-0.39, 0.29) is 11.0 Å². The second-order valence-corrected chi connectivity index (χ2v) is 8.27. The topological polar surface area (TPSA) is 55.1 Å². The van der Waals surface area contributed by atoms with E-state index in [1.54, 1.807) is 11.3 Å². The van der Waals surface area contributed by atoms with Crippen molar-refractivity contribution in [1.29, 1.82) is 0 Å². The van der Waals surface area contributed by atoms with Crippen LogP contribution in [0.25, 0.3) is 4.96 Å². The maximum absolute atomic E-state index is 4.80. The van der Waals surface area contributed by atoms with Crippen LogP contribution in [0.3, 0.4) is 0 Å². The molecule has 1 saturated carbocycles. The van der Waals surface area contributed by atoms with Crippen LogP contribution in [0.1, 0.15) is 63.7 Å². The first kappa shape index (κ1) is 14.9. The van der Waals surface area contributed by atoms with E-state index in [4.69, 9.17) is 5.10 Å². The summed E-state index contributed by atoms with van der Waals surface area (Å²) >= 11 is 1.68. The number of hydrogen-bond donors (Lipinski definition) is 1. The van der Waals surface area contributed by atoms with Gasteiger partial charge in [0.15, 0.2) is 5.82 Å². The third kappa shape index (κ3) is 2.83. The molecule has 0 saturated heterocycles. The van der Waals surface area contributed by atoms with Gasteiger partial charge in [-0.05, 0) is 19.9 Å². The Bertz CT molecular complexity index is 616. The van der Waals surface area contributed by atoms with Crippen molar-refractivity contribution in [3.05, 3.63) is 10.8 Å². The summed E-state index contributed by atoms with van der Waals surface area (Å²) in [6.45, 7) is 6.45. The van der Waals surface area contributed by atoms with Gasteiger partial charge in [0, 0.05) is 17.4 Å². The smallest absolute Gasteiger partial charge is 0.234 e. The van der Waals surface area contributed by atoms with Gasteiger partial charge in [-0.3, -0.25) is 0 Å². The second kappa shape index (κ2) is 5.32. The molecule has 0 radical (unpaired) electrons. The molecule has 0 bridgehead atoms. The standard InChI is InChI=1S/C15H25N5S/c1-14(2,3)12-17-18-13-20(12)19-11(21-13)10-15(16-4)8-6-5-7-9-15/h16H,5-10H2,1-4H3. The van der Waals surface area contributed by atoms with Gasteiger partial charge >= 0.3 is 0 Å². The van der Waals surface area contributed by atoms with Crippen molar-refractivity contribution in [2.45, 2.75) is 70.3 Å². The lowest BCUT2D eigenvalue weighted by atomic mass is 9.79. The second-order valence-electron chi connectivity index (χ2n) is 7.23. The number of likely N-dealkylation sites (N-methyl/N-ethyl adjacent to an activating group) is 1. The maximum atomic E-state index is 4.80. The summed E-state index contributed by atoms with van der Waals surface area (Å²) < 4.78 is 1.94. The minimum atomic E-state index is -0.0315. The van der Waals surface area contributed by atoms with Gasteiger partial charge in [-0.1, -0.05) is 51.4 Å². The molecular formula is C15H25N5S. The number of fused-ring (bicyclic) bond motifs is 1. The quantitative estimate of drug-likeness (QED) is 0.947. The number of rotatable bonds is 3. The molecular weight excluding hydrogens is 282 g/mol. The highest BCUT2D eigenvalue weighted by Crippen LogP contribution is 2.32. The van der Waals surface area contributed by atoms with E-state index < -0.39 is 0 Å². The summed E-state index contributed by atoms with van der Waals surface area (Å²) in [5.74, 6) is 0.946. The van der Waals surface area contributed by atoms with Gasteiger partial charge in [0.25, 0.3) is 0 Å². The van der Waals surface area contributed by atoms with Gasteiger partial charge in [-0.25, -0.2) is 0 Å². The molecule has 0 atom stereocenters. The summed E-state index contributed by atoms with van der Waals surface area (Å²) in [5.41, 5.74) is 0.194. The minimum Gasteiger partial charge on any atom is -0.314 e. The Morgan fingerprint density at radius 3 is 2.52 bits per heavy atom. The minimum absolute atomic E-state index is 0.0315. The Morgan fingerprint density at radius 2 is 1.90 bits per heavy atom. The Morgan fingerprint density at radius 1 is 1.19 bits per heavy atom. The third-order valence-electron chi connectivity index (χ3n) is 4.53. The van der Waals surface area contributed by atoms with Gasteiger partial charge in [-0.15, -0.1) is 10.2 Å². The van der Waals surface area contributed by atoms with Crippen LogP contribution in [0.4, 0.5) is 0 Å². The van der Waals surface area contributed by atoms with Crippen LogP contribution in [-0.2, 0) is 11.8 Å². The van der Waals surface area contributed by atoms with E-state index >= 15 is 0 Å². The molecule has 0 unspecified atom stereocenters. The highest BCUT2D eigenvalue weighted by Gasteiger charge is 2.32. The van der Waals surface area contributed by atoms with Gasteiger partial charge in [-0.2, -0.15) is 9.61 Å². The van der Waals surface area contributed by atoms with Gasteiger partial charge in [0.2, 0.25) is 4.96 Å². The molecule has 3 rings (SSSR count). The summed E-state index contributed by atoms with van der Waals surface area (Å²) in [4.78, 5) is 0.914. The number of nitrogens with one attached hydrogen (secondary N) is 1. The fourth-order valence-corrected chi connectivity index (χ4v) is 4.21. The summed E-state index contributed by atoms with van der Waals surface area (Å²) in [7, 11) is 2.09. The van der Waals surface area contributed by atoms with Crippen LogP contribution in [0.15, 0.2) is 0 Å². The molecule has 2 heterocycles. The van der Waals surface area contributed by atoms with Crippen molar-refractivity contribution in [3.8, 4) is 0 Å². The molecule has 6 heteroatoms. The largest absolute Gasteiger partial charge is 0.314 e. The summed E-state index contributed by atoms with van der Waals surface area (Å²) in [5, 5.41) is 18.1. The molecule has 0 aliphatic heterocycles. The zero-order valence-electron chi connectivity index (χ0n) is 13.4. The Hall–Kier alpha value is -1.01. The van der Waals surface area contributed by atoms with Crippen molar-refractivity contribution in [2.24, 2.45) is 0 Å². The van der Waals surface area contributed by atoms with Crippen molar-refractivity contribution >= 4 is 16.3 Å². The molecule has 0 aromatic carbocycles. The van der Waals surface area contributed by atoms with Crippen molar-refractivity contribution in [3.63, 3.8) is 0 Å². The molecule has 0 amide bonds. The lowest BCUT2D eigenvalue weighted by Crippen LogP contribution is -2.46. The van der Waals surface area contributed by atoms with Crippen molar-refractivity contribution < 1.29 is 0 Å². The molecule has 0 spiro atoms. The molecule has 1 N–H and O–H groups in total. The normalized spacial score (nSPS) is 19.2. The molecule has 116 valence electrons. The zero-order chi connectivity index (χ0) is 15.1. The first-order valence-electron chi connectivity index (χ1n) is 7.84. The van der Waals surface area contributed by atoms with Gasteiger partial charge in [0.1, 0.15) is 5.01 Å². The Labute approximate surface area is 130 Å². The SMILES string of the molecule is CNC1(Cc2nn3c(C(C)(C)C)nnc3s2)CCCCC1. The van der Waals surface area contributed by atoms with Crippen LogP contribution in [0.5, 0.6) is 0 Å². The third-order valence-corrected chi connectivity index (χ3v) is 5.43. The zero-order valence-corrected chi connectivity index (χ0v) is 14.3. The highest BCUT2D eigenvalue weighted by molar-refractivity contribution is 7.16. The molecule has 2 aromatic heterocycles. The lowest BCUT2D eigenvalue weighted by molar-refractivity contribution is 0.244. The summed E-state index contributed by atoms with van der Waals surface area (Å²) in [6.07, 6.45) is 7.49. The molecule has 1 fully saturated rings. The Kier molecular flexibility index (Phi) is 3.78. The van der Waals surface area contributed by atoms with E-state index in [2.05, 4.69) is 43.3 Å². The van der Waals surface area contributed by atoms with Gasteiger partial charge < -0.3 is 5.32 Å². The van der Waals surface area contributed by atoms with Crippen LogP contribution < -0.4 is 5.32 Å². The van der Waals surface area contributed by atoms with Crippen molar-refractivity contribution in [1.82, 2.24) is 25.1 Å². The van der Waals surface area contributed by atoms with Crippen LogP contribution in [0.2, 0.25) is 0 Å². The van der Waals surface area contributed by atoms with Crippen LogP contribution in [0, 0.1) is 0 Å². The predicted molar refractivity (Wildman–Crippen MR) is 85.9 cm³/mol. The van der Waals surface area contributed by atoms with Gasteiger partial charge in [0.05, 0.1) is 0 Å². The van der Waals surface area contributed by atoms with Crippen molar-refractivity contribution in [2.75, 3.05) is 7.05 Å². The average Bonchev–Trinajstić information content (AvgIpc) is 2.98. The average molecular weight is 307 g/mol. The van der Waals surface area contributed by atoms with E-state index in [1.165, 1.54) is 37.1 Å². The highest BCUT2D eigenvalue weighted by atomic mass is 32.1. The van der Waals surface area contributed by atoms with E-state index in [0.717, 1.165) is 17.2 Å². The molecule has 1 aliphatic carbocycles. The molecule has 5 nitrogen and oxygen atoms in total. The monoisotopic (exact) mass is 307 g/mol. The number of nitrogens with zero attached hydrogens (tertiary/aromatic N) is 4. The molecule has 2 aromatic rings. The first-order valence-corrected chi connectivity index (χ1v) is 8.66. The fraction of sp³-hybridized carbons (Fsp3) is 0.800. The van der Waals surface area contributed by atoms with E-state index in [0.29, 0.717) is 0 Å². The first-order chi connectivity index (χ1) is 9.93.